The number of methoxy groups -OCH3 is 2. The average Bonchev–Trinajstić information content (AvgIpc) is 2.37. The van der Waals surface area contributed by atoms with Crippen LogP contribution in [0.15, 0.2) is 12.1 Å². The second-order valence-corrected chi connectivity index (χ2v) is 5.05. The number of hydrogen-bond donors (Lipinski definition) is 0. The molecule has 4 heteroatoms. The van der Waals surface area contributed by atoms with Gasteiger partial charge < -0.3 is 14.2 Å². The summed E-state index contributed by atoms with van der Waals surface area (Å²) in [5.41, 5.74) is 1.10. The van der Waals surface area contributed by atoms with E-state index in [0.717, 1.165) is 17.3 Å². The molecule has 18 heavy (non-hydrogen) atoms. The molecule has 0 amide bonds. The Labute approximate surface area is 118 Å². The van der Waals surface area contributed by atoms with Gasteiger partial charge in [0, 0.05) is 5.33 Å². The second kappa shape index (κ2) is 7.52. The van der Waals surface area contributed by atoms with Gasteiger partial charge in [-0.3, -0.25) is 0 Å². The third kappa shape index (κ3) is 4.09. The van der Waals surface area contributed by atoms with E-state index in [0.29, 0.717) is 29.8 Å². The Morgan fingerprint density at radius 2 is 1.67 bits per heavy atom. The van der Waals surface area contributed by atoms with E-state index in [9.17, 15) is 0 Å². The molecule has 0 saturated heterocycles. The standard InChI is InChI=1S/C14H21BrO3/c1-10(2)5-6-18-14-12(16-3)7-11(9-15)8-13(14)17-4/h7-8,10H,5-6,9H2,1-4H3. The molecule has 0 aliphatic carbocycles. The highest BCUT2D eigenvalue weighted by atomic mass is 79.9. The summed E-state index contributed by atoms with van der Waals surface area (Å²) in [5, 5.41) is 0.756. The van der Waals surface area contributed by atoms with Crippen LogP contribution in [-0.2, 0) is 5.33 Å². The zero-order valence-corrected chi connectivity index (χ0v) is 13.0. The van der Waals surface area contributed by atoms with Crippen molar-refractivity contribution in [3.8, 4) is 17.2 Å². The van der Waals surface area contributed by atoms with Crippen molar-refractivity contribution in [1.82, 2.24) is 0 Å². The molecule has 3 nitrogen and oxygen atoms in total. The van der Waals surface area contributed by atoms with Gasteiger partial charge in [-0.05, 0) is 30.0 Å². The van der Waals surface area contributed by atoms with Crippen LogP contribution in [0.2, 0.25) is 0 Å². The van der Waals surface area contributed by atoms with Crippen LogP contribution in [0.25, 0.3) is 0 Å². The van der Waals surface area contributed by atoms with Gasteiger partial charge in [-0.1, -0.05) is 29.8 Å². The van der Waals surface area contributed by atoms with Gasteiger partial charge in [0.25, 0.3) is 0 Å². The molecular weight excluding hydrogens is 296 g/mol. The third-order valence-electron chi connectivity index (χ3n) is 2.62. The van der Waals surface area contributed by atoms with E-state index in [1.807, 2.05) is 12.1 Å². The van der Waals surface area contributed by atoms with Gasteiger partial charge in [0.1, 0.15) is 0 Å². The highest BCUT2D eigenvalue weighted by Crippen LogP contribution is 2.39. The minimum atomic E-state index is 0.615. The summed E-state index contributed by atoms with van der Waals surface area (Å²) < 4.78 is 16.5. The molecule has 102 valence electrons. The first-order valence-corrected chi connectivity index (χ1v) is 7.18. The lowest BCUT2D eigenvalue weighted by molar-refractivity contribution is 0.257. The van der Waals surface area contributed by atoms with Crippen molar-refractivity contribution in [3.63, 3.8) is 0 Å². The summed E-state index contributed by atoms with van der Waals surface area (Å²) in [7, 11) is 3.28. The molecular formula is C14H21BrO3. The highest BCUT2D eigenvalue weighted by Gasteiger charge is 2.14. The summed E-state index contributed by atoms with van der Waals surface area (Å²) in [4.78, 5) is 0. The topological polar surface area (TPSA) is 27.7 Å². The van der Waals surface area contributed by atoms with E-state index in [4.69, 9.17) is 14.2 Å². The van der Waals surface area contributed by atoms with Crippen LogP contribution in [0.4, 0.5) is 0 Å². The van der Waals surface area contributed by atoms with Crippen molar-refractivity contribution < 1.29 is 14.2 Å². The molecule has 0 heterocycles. The van der Waals surface area contributed by atoms with Crippen LogP contribution in [0, 0.1) is 5.92 Å². The second-order valence-electron chi connectivity index (χ2n) is 4.49. The van der Waals surface area contributed by atoms with Crippen LogP contribution in [0.1, 0.15) is 25.8 Å². The summed E-state index contributed by atoms with van der Waals surface area (Å²) in [6.45, 7) is 5.01. The molecule has 0 N–H and O–H groups in total. The van der Waals surface area contributed by atoms with Crippen LogP contribution in [-0.4, -0.2) is 20.8 Å². The fourth-order valence-corrected chi connectivity index (χ4v) is 1.87. The van der Waals surface area contributed by atoms with Crippen molar-refractivity contribution in [2.45, 2.75) is 25.6 Å². The minimum absolute atomic E-state index is 0.615. The van der Waals surface area contributed by atoms with E-state index in [-0.39, 0.29) is 0 Å². The fourth-order valence-electron chi connectivity index (χ4n) is 1.55. The monoisotopic (exact) mass is 316 g/mol. The number of halogens is 1. The maximum atomic E-state index is 5.80. The largest absolute Gasteiger partial charge is 0.493 e. The summed E-state index contributed by atoms with van der Waals surface area (Å²) >= 11 is 3.43. The lowest BCUT2D eigenvalue weighted by Gasteiger charge is -2.16. The van der Waals surface area contributed by atoms with Crippen molar-refractivity contribution in [1.29, 1.82) is 0 Å². The van der Waals surface area contributed by atoms with E-state index >= 15 is 0 Å². The first kappa shape index (κ1) is 15.2. The molecule has 0 aliphatic rings. The minimum Gasteiger partial charge on any atom is -0.493 e. The maximum absolute atomic E-state index is 5.80. The van der Waals surface area contributed by atoms with Gasteiger partial charge in [0.2, 0.25) is 5.75 Å². The molecule has 1 rings (SSSR count). The molecule has 0 unspecified atom stereocenters. The van der Waals surface area contributed by atoms with Gasteiger partial charge in [0.15, 0.2) is 11.5 Å². The van der Waals surface area contributed by atoms with E-state index in [2.05, 4.69) is 29.8 Å². The van der Waals surface area contributed by atoms with Crippen LogP contribution in [0.5, 0.6) is 17.2 Å². The molecule has 1 aromatic rings. The van der Waals surface area contributed by atoms with Gasteiger partial charge in [0.05, 0.1) is 20.8 Å². The number of rotatable bonds is 7. The molecule has 0 saturated carbocycles. The predicted octanol–water partition coefficient (Wildman–Crippen LogP) is 4.02. The summed E-state index contributed by atoms with van der Waals surface area (Å²) in [5.74, 6) is 2.73. The van der Waals surface area contributed by atoms with Crippen LogP contribution < -0.4 is 14.2 Å². The normalized spacial score (nSPS) is 10.6. The van der Waals surface area contributed by atoms with Crippen molar-refractivity contribution in [2.75, 3.05) is 20.8 Å². The molecule has 0 aromatic heterocycles. The Morgan fingerprint density at radius 1 is 1.11 bits per heavy atom. The number of hydrogen-bond acceptors (Lipinski definition) is 3. The van der Waals surface area contributed by atoms with Crippen molar-refractivity contribution in [2.24, 2.45) is 5.92 Å². The zero-order valence-electron chi connectivity index (χ0n) is 11.5. The molecule has 0 aliphatic heterocycles. The number of benzene rings is 1. The Morgan fingerprint density at radius 3 is 2.06 bits per heavy atom. The van der Waals surface area contributed by atoms with E-state index in [1.54, 1.807) is 14.2 Å². The molecule has 0 fully saturated rings. The first-order valence-electron chi connectivity index (χ1n) is 6.06. The lowest BCUT2D eigenvalue weighted by atomic mass is 10.1. The molecule has 0 radical (unpaired) electrons. The van der Waals surface area contributed by atoms with Crippen LogP contribution in [0.3, 0.4) is 0 Å². The number of ether oxygens (including phenoxy) is 3. The van der Waals surface area contributed by atoms with Crippen molar-refractivity contribution in [3.05, 3.63) is 17.7 Å². The predicted molar refractivity (Wildman–Crippen MR) is 77.1 cm³/mol. The van der Waals surface area contributed by atoms with E-state index < -0.39 is 0 Å². The zero-order chi connectivity index (χ0) is 13.5. The Kier molecular flexibility index (Phi) is 6.33. The molecule has 1 aromatic carbocycles. The first-order chi connectivity index (χ1) is 8.62. The Bertz CT molecular complexity index is 352. The third-order valence-corrected chi connectivity index (χ3v) is 3.26. The number of alkyl halides is 1. The smallest absolute Gasteiger partial charge is 0.203 e. The fraction of sp³-hybridized carbons (Fsp3) is 0.571. The SMILES string of the molecule is COc1cc(CBr)cc(OC)c1OCCC(C)C. The van der Waals surface area contributed by atoms with Gasteiger partial charge >= 0.3 is 0 Å². The van der Waals surface area contributed by atoms with Gasteiger partial charge in [-0.25, -0.2) is 0 Å². The van der Waals surface area contributed by atoms with Crippen molar-refractivity contribution >= 4 is 15.9 Å². The molecule has 0 bridgehead atoms. The van der Waals surface area contributed by atoms with Gasteiger partial charge in [-0.15, -0.1) is 0 Å². The quantitative estimate of drug-likeness (QED) is 0.711. The molecule has 0 spiro atoms. The van der Waals surface area contributed by atoms with Gasteiger partial charge in [-0.2, -0.15) is 0 Å². The average molecular weight is 317 g/mol. The van der Waals surface area contributed by atoms with Crippen LogP contribution >= 0.6 is 15.9 Å². The Hall–Kier alpha value is -0.900. The maximum Gasteiger partial charge on any atom is 0.203 e. The lowest BCUT2D eigenvalue weighted by Crippen LogP contribution is -2.04. The Balaban J connectivity index is 2.92. The summed E-state index contributed by atoms with van der Waals surface area (Å²) in [6.07, 6.45) is 1.01. The summed E-state index contributed by atoms with van der Waals surface area (Å²) in [6, 6.07) is 3.92. The van der Waals surface area contributed by atoms with E-state index in [1.165, 1.54) is 0 Å². The molecule has 0 atom stereocenters. The highest BCUT2D eigenvalue weighted by molar-refractivity contribution is 9.08.